The van der Waals surface area contributed by atoms with Crippen molar-refractivity contribution in [3.8, 4) is 33.4 Å². The first kappa shape index (κ1) is 27.5. The van der Waals surface area contributed by atoms with Gasteiger partial charge in [0, 0.05) is 22.2 Å². The summed E-state index contributed by atoms with van der Waals surface area (Å²) in [7, 11) is 0. The second kappa shape index (κ2) is 10.6. The van der Waals surface area contributed by atoms with E-state index in [1.165, 1.54) is 44.5 Å². The molecule has 0 fully saturated rings. The summed E-state index contributed by atoms with van der Waals surface area (Å²) >= 11 is 0. The fraction of sp³-hybridized carbons (Fsp3) is 0.0667. The highest BCUT2D eigenvalue weighted by Crippen LogP contribution is 2.52. The highest BCUT2D eigenvalue weighted by Gasteiger charge is 2.36. The van der Waals surface area contributed by atoms with Crippen LogP contribution in [0.4, 0.5) is 17.1 Å². The molecule has 2 nitrogen and oxygen atoms in total. The van der Waals surface area contributed by atoms with E-state index in [0.717, 1.165) is 39.0 Å². The molecule has 0 radical (unpaired) electrons. The molecule has 224 valence electrons. The molecular formula is C45H33NO. The molecule has 0 saturated heterocycles. The molecule has 0 aliphatic heterocycles. The third kappa shape index (κ3) is 4.33. The largest absolute Gasteiger partial charge is 0.456 e. The van der Waals surface area contributed by atoms with Crippen LogP contribution in [0.1, 0.15) is 25.0 Å². The topological polar surface area (TPSA) is 16.4 Å². The van der Waals surface area contributed by atoms with Gasteiger partial charge in [-0.1, -0.05) is 129 Å². The van der Waals surface area contributed by atoms with Gasteiger partial charge in [0.25, 0.3) is 0 Å². The van der Waals surface area contributed by atoms with Gasteiger partial charge in [-0.2, -0.15) is 0 Å². The number of benzene rings is 7. The van der Waals surface area contributed by atoms with Crippen molar-refractivity contribution in [3.63, 3.8) is 0 Å². The summed E-state index contributed by atoms with van der Waals surface area (Å²) in [4.78, 5) is 2.40. The Bertz CT molecular complexity index is 2420. The number of fused-ring (bicyclic) bond motifs is 6. The molecule has 47 heavy (non-hydrogen) atoms. The number of hydrogen-bond acceptors (Lipinski definition) is 2. The molecule has 0 N–H and O–H groups in total. The van der Waals surface area contributed by atoms with Crippen LogP contribution in [0.2, 0.25) is 0 Å². The van der Waals surface area contributed by atoms with Gasteiger partial charge in [-0.15, -0.1) is 0 Å². The molecular weight excluding hydrogens is 571 g/mol. The Kier molecular flexibility index (Phi) is 6.20. The zero-order valence-electron chi connectivity index (χ0n) is 26.4. The Balaban J connectivity index is 1.27. The van der Waals surface area contributed by atoms with Crippen LogP contribution in [-0.2, 0) is 5.41 Å². The molecule has 0 amide bonds. The molecule has 7 aromatic carbocycles. The molecule has 0 unspecified atom stereocenters. The molecule has 0 atom stereocenters. The standard InChI is InChI=1S/C45H33NO/c1-45(2)38-27-24-32(30-14-6-3-7-15-30)28-37(38)36-26-25-34(29-39(36)45)46(33-18-10-5-11-19-33)40-21-13-23-42-44(40)43-35(20-12-22-41(43)47-42)31-16-8-4-9-17-31/h3-29H,1-2H3. The Hall–Kier alpha value is -5.86. The zero-order chi connectivity index (χ0) is 31.5. The first-order chi connectivity index (χ1) is 23.1. The van der Waals surface area contributed by atoms with Crippen molar-refractivity contribution in [1.82, 2.24) is 0 Å². The summed E-state index contributed by atoms with van der Waals surface area (Å²) < 4.78 is 6.55. The van der Waals surface area contributed by atoms with Crippen molar-refractivity contribution >= 4 is 39.0 Å². The van der Waals surface area contributed by atoms with E-state index in [1.54, 1.807) is 0 Å². The second-order valence-corrected chi connectivity index (χ2v) is 12.9. The molecule has 0 bridgehead atoms. The summed E-state index contributed by atoms with van der Waals surface area (Å²) in [6.45, 7) is 4.71. The normalized spacial score (nSPS) is 13.1. The molecule has 9 rings (SSSR count). The SMILES string of the molecule is CC1(C)c2ccc(-c3ccccc3)cc2-c2ccc(N(c3ccccc3)c3cccc4oc5cccc(-c6ccccc6)c5c34)cc21. The number of para-hydroxylation sites is 1. The predicted octanol–water partition coefficient (Wildman–Crippen LogP) is 12.7. The summed E-state index contributed by atoms with van der Waals surface area (Å²) in [5.41, 5.74) is 15.1. The highest BCUT2D eigenvalue weighted by atomic mass is 16.3. The molecule has 1 aromatic heterocycles. The van der Waals surface area contributed by atoms with Gasteiger partial charge < -0.3 is 9.32 Å². The number of furan rings is 1. The van der Waals surface area contributed by atoms with Crippen LogP contribution in [0.5, 0.6) is 0 Å². The van der Waals surface area contributed by atoms with Gasteiger partial charge >= 0.3 is 0 Å². The lowest BCUT2D eigenvalue weighted by atomic mass is 9.82. The molecule has 0 saturated carbocycles. The molecule has 1 heterocycles. The van der Waals surface area contributed by atoms with Gasteiger partial charge in [-0.3, -0.25) is 0 Å². The Morgan fingerprint density at radius 1 is 0.426 bits per heavy atom. The first-order valence-electron chi connectivity index (χ1n) is 16.3. The Morgan fingerprint density at radius 3 is 1.83 bits per heavy atom. The molecule has 1 aliphatic carbocycles. The lowest BCUT2D eigenvalue weighted by Crippen LogP contribution is -2.16. The van der Waals surface area contributed by atoms with Gasteiger partial charge in [-0.25, -0.2) is 0 Å². The lowest BCUT2D eigenvalue weighted by Gasteiger charge is -2.28. The van der Waals surface area contributed by atoms with Crippen molar-refractivity contribution in [1.29, 1.82) is 0 Å². The second-order valence-electron chi connectivity index (χ2n) is 12.9. The fourth-order valence-corrected chi connectivity index (χ4v) is 7.59. The molecule has 0 spiro atoms. The van der Waals surface area contributed by atoms with E-state index in [9.17, 15) is 0 Å². The van der Waals surface area contributed by atoms with Crippen LogP contribution in [-0.4, -0.2) is 0 Å². The third-order valence-electron chi connectivity index (χ3n) is 9.87. The van der Waals surface area contributed by atoms with Crippen LogP contribution in [0.15, 0.2) is 168 Å². The summed E-state index contributed by atoms with van der Waals surface area (Å²) in [5, 5.41) is 2.24. The third-order valence-corrected chi connectivity index (χ3v) is 9.87. The van der Waals surface area contributed by atoms with Crippen molar-refractivity contribution in [3.05, 3.63) is 175 Å². The molecule has 8 aromatic rings. The first-order valence-corrected chi connectivity index (χ1v) is 16.3. The van der Waals surface area contributed by atoms with Gasteiger partial charge in [0.15, 0.2) is 0 Å². The maximum Gasteiger partial charge on any atom is 0.137 e. The summed E-state index contributed by atoms with van der Waals surface area (Å²) in [6.07, 6.45) is 0. The van der Waals surface area contributed by atoms with E-state index in [2.05, 4.69) is 183 Å². The van der Waals surface area contributed by atoms with Crippen LogP contribution in [0.25, 0.3) is 55.3 Å². The van der Waals surface area contributed by atoms with Crippen molar-refractivity contribution < 1.29 is 4.42 Å². The van der Waals surface area contributed by atoms with Crippen LogP contribution in [0.3, 0.4) is 0 Å². The van der Waals surface area contributed by atoms with Crippen molar-refractivity contribution in [2.75, 3.05) is 4.90 Å². The average Bonchev–Trinajstić information content (AvgIpc) is 3.62. The lowest BCUT2D eigenvalue weighted by molar-refractivity contribution is 0.660. The monoisotopic (exact) mass is 603 g/mol. The fourth-order valence-electron chi connectivity index (χ4n) is 7.59. The zero-order valence-corrected chi connectivity index (χ0v) is 26.4. The van der Waals surface area contributed by atoms with Gasteiger partial charge in [-0.05, 0) is 93.0 Å². The van der Waals surface area contributed by atoms with Crippen LogP contribution >= 0.6 is 0 Å². The van der Waals surface area contributed by atoms with Gasteiger partial charge in [0.1, 0.15) is 11.2 Å². The summed E-state index contributed by atoms with van der Waals surface area (Å²) in [5.74, 6) is 0. The minimum atomic E-state index is -0.146. The number of hydrogen-bond donors (Lipinski definition) is 0. The summed E-state index contributed by atoms with van der Waals surface area (Å²) in [6, 6.07) is 58.8. The van der Waals surface area contributed by atoms with Crippen LogP contribution in [0, 0.1) is 0 Å². The van der Waals surface area contributed by atoms with Crippen LogP contribution < -0.4 is 4.90 Å². The van der Waals surface area contributed by atoms with E-state index in [1.807, 2.05) is 0 Å². The number of nitrogens with zero attached hydrogens (tertiary/aromatic N) is 1. The smallest absolute Gasteiger partial charge is 0.137 e. The van der Waals surface area contributed by atoms with E-state index in [4.69, 9.17) is 4.42 Å². The minimum absolute atomic E-state index is 0.146. The maximum atomic E-state index is 6.55. The maximum absolute atomic E-state index is 6.55. The molecule has 2 heteroatoms. The van der Waals surface area contributed by atoms with E-state index in [0.29, 0.717) is 0 Å². The Labute approximate surface area is 275 Å². The van der Waals surface area contributed by atoms with E-state index < -0.39 is 0 Å². The van der Waals surface area contributed by atoms with Crippen molar-refractivity contribution in [2.24, 2.45) is 0 Å². The van der Waals surface area contributed by atoms with Gasteiger partial charge in [0.05, 0.1) is 11.1 Å². The van der Waals surface area contributed by atoms with E-state index in [-0.39, 0.29) is 5.41 Å². The van der Waals surface area contributed by atoms with Crippen molar-refractivity contribution in [2.45, 2.75) is 19.3 Å². The quantitative estimate of drug-likeness (QED) is 0.195. The number of rotatable bonds is 5. The highest BCUT2D eigenvalue weighted by molar-refractivity contribution is 6.18. The van der Waals surface area contributed by atoms with E-state index >= 15 is 0 Å². The predicted molar refractivity (Wildman–Crippen MR) is 197 cm³/mol. The average molecular weight is 604 g/mol. The number of anilines is 3. The minimum Gasteiger partial charge on any atom is -0.456 e. The van der Waals surface area contributed by atoms with Gasteiger partial charge in [0.2, 0.25) is 0 Å². The Morgan fingerprint density at radius 2 is 1.09 bits per heavy atom. The molecule has 1 aliphatic rings.